The average Bonchev–Trinajstić information content (AvgIpc) is 3.01. The molecule has 1 fully saturated rings. The van der Waals surface area contributed by atoms with Gasteiger partial charge in [-0.05, 0) is 45.1 Å². The van der Waals surface area contributed by atoms with Gasteiger partial charge < -0.3 is 9.64 Å². The lowest BCUT2D eigenvalue weighted by molar-refractivity contribution is 0.250. The van der Waals surface area contributed by atoms with Gasteiger partial charge >= 0.3 is 0 Å². The topological polar surface area (TPSA) is 67.7 Å². The first-order chi connectivity index (χ1) is 12.8. The fourth-order valence-corrected chi connectivity index (χ4v) is 5.25. The minimum Gasteiger partial charge on any atom is -0.497 e. The highest BCUT2D eigenvalue weighted by Gasteiger charge is 2.36. The van der Waals surface area contributed by atoms with Crippen LogP contribution in [-0.2, 0) is 23.6 Å². The molecule has 0 saturated carbocycles. The molecule has 1 aromatic carbocycles. The van der Waals surface area contributed by atoms with Gasteiger partial charge in [0, 0.05) is 26.2 Å². The molecule has 0 radical (unpaired) electrons. The van der Waals surface area contributed by atoms with E-state index in [1.54, 1.807) is 28.6 Å². The molecule has 27 heavy (non-hydrogen) atoms. The highest BCUT2D eigenvalue weighted by Crippen LogP contribution is 2.35. The Labute approximate surface area is 161 Å². The quantitative estimate of drug-likeness (QED) is 0.755. The lowest BCUT2D eigenvalue weighted by Crippen LogP contribution is -2.38. The second kappa shape index (κ2) is 8.00. The number of aryl methyl sites for hydroxylation is 1. The van der Waals surface area contributed by atoms with Crippen molar-refractivity contribution in [3.63, 3.8) is 0 Å². The van der Waals surface area contributed by atoms with Gasteiger partial charge in [0.05, 0.1) is 29.4 Å². The van der Waals surface area contributed by atoms with Crippen molar-refractivity contribution in [3.8, 4) is 5.75 Å². The van der Waals surface area contributed by atoms with Crippen LogP contribution in [0.25, 0.3) is 0 Å². The molecule has 2 aromatic rings. The Morgan fingerprint density at radius 2 is 2.04 bits per heavy atom. The van der Waals surface area contributed by atoms with E-state index < -0.39 is 10.0 Å². The monoisotopic (exact) mass is 392 g/mol. The molecule has 0 amide bonds. The van der Waals surface area contributed by atoms with Crippen LogP contribution in [0.15, 0.2) is 35.2 Å². The Kier molecular flexibility index (Phi) is 5.88. The number of piperidine rings is 1. The molecule has 0 bridgehead atoms. The van der Waals surface area contributed by atoms with Crippen LogP contribution in [0.2, 0.25) is 0 Å². The van der Waals surface area contributed by atoms with Crippen molar-refractivity contribution >= 4 is 10.0 Å². The number of nitrogens with zero attached hydrogens (tertiary/aromatic N) is 4. The molecule has 3 rings (SSSR count). The molecule has 148 valence electrons. The average molecular weight is 393 g/mol. The standard InChI is InChI=1S/C19H28N4O3S/c1-21(2)14-15-12-18(20-22(15)3)19-10-5-6-11-23(19)27(24,25)17-9-7-8-16(13-17)26-4/h7-9,12-13,19H,5-6,10-11,14H2,1-4H3/t19-/m1/s1. The van der Waals surface area contributed by atoms with E-state index in [0.29, 0.717) is 12.3 Å². The molecule has 0 unspecified atom stereocenters. The Bertz CT molecular complexity index is 892. The summed E-state index contributed by atoms with van der Waals surface area (Å²) in [5.74, 6) is 0.538. The van der Waals surface area contributed by atoms with E-state index in [0.717, 1.165) is 37.2 Å². The Morgan fingerprint density at radius 3 is 2.74 bits per heavy atom. The van der Waals surface area contributed by atoms with Gasteiger partial charge in [0.2, 0.25) is 10.0 Å². The van der Waals surface area contributed by atoms with Crippen LogP contribution in [0.1, 0.15) is 36.7 Å². The number of hydrogen-bond acceptors (Lipinski definition) is 5. The van der Waals surface area contributed by atoms with Crippen LogP contribution in [0.3, 0.4) is 0 Å². The second-order valence-corrected chi connectivity index (χ2v) is 9.12. The minimum atomic E-state index is -3.62. The first kappa shape index (κ1) is 19.9. The van der Waals surface area contributed by atoms with E-state index in [1.807, 2.05) is 31.9 Å². The zero-order valence-corrected chi connectivity index (χ0v) is 17.2. The second-order valence-electron chi connectivity index (χ2n) is 7.23. The van der Waals surface area contributed by atoms with Crippen LogP contribution in [0, 0.1) is 0 Å². The van der Waals surface area contributed by atoms with Gasteiger partial charge in [-0.15, -0.1) is 0 Å². The van der Waals surface area contributed by atoms with Crippen LogP contribution in [0.4, 0.5) is 0 Å². The molecule has 2 heterocycles. The molecule has 7 nitrogen and oxygen atoms in total. The summed E-state index contributed by atoms with van der Waals surface area (Å²) in [4.78, 5) is 2.34. The van der Waals surface area contributed by atoms with Crippen LogP contribution in [0.5, 0.6) is 5.75 Å². The molecule has 1 aliphatic rings. The van der Waals surface area contributed by atoms with Crippen LogP contribution < -0.4 is 4.74 Å². The molecule has 1 saturated heterocycles. The van der Waals surface area contributed by atoms with Gasteiger partial charge in [-0.1, -0.05) is 12.5 Å². The number of aromatic nitrogens is 2. The molecule has 1 aromatic heterocycles. The van der Waals surface area contributed by atoms with Gasteiger partial charge in [-0.3, -0.25) is 4.68 Å². The minimum absolute atomic E-state index is 0.239. The largest absolute Gasteiger partial charge is 0.497 e. The number of hydrogen-bond donors (Lipinski definition) is 0. The predicted molar refractivity (Wildman–Crippen MR) is 104 cm³/mol. The third-order valence-corrected chi connectivity index (χ3v) is 6.82. The van der Waals surface area contributed by atoms with E-state index in [-0.39, 0.29) is 10.9 Å². The van der Waals surface area contributed by atoms with Crippen LogP contribution in [-0.4, -0.2) is 55.2 Å². The maximum Gasteiger partial charge on any atom is 0.243 e. The van der Waals surface area contributed by atoms with Crippen molar-refractivity contribution in [2.24, 2.45) is 7.05 Å². The first-order valence-electron chi connectivity index (χ1n) is 9.16. The SMILES string of the molecule is COc1cccc(S(=O)(=O)N2CCCC[C@@H]2c2cc(CN(C)C)n(C)n2)c1. The molecular formula is C19H28N4O3S. The summed E-state index contributed by atoms with van der Waals surface area (Å²) in [5.41, 5.74) is 1.89. The Morgan fingerprint density at radius 1 is 1.26 bits per heavy atom. The Balaban J connectivity index is 1.95. The highest BCUT2D eigenvalue weighted by atomic mass is 32.2. The maximum absolute atomic E-state index is 13.3. The molecule has 8 heteroatoms. The van der Waals surface area contributed by atoms with E-state index >= 15 is 0 Å². The third kappa shape index (κ3) is 4.17. The van der Waals surface area contributed by atoms with Crippen molar-refractivity contribution in [1.29, 1.82) is 0 Å². The van der Waals surface area contributed by atoms with E-state index in [1.165, 1.54) is 7.11 Å². The number of methoxy groups -OCH3 is 1. The van der Waals surface area contributed by atoms with Crippen molar-refractivity contribution < 1.29 is 13.2 Å². The zero-order chi connectivity index (χ0) is 19.6. The van der Waals surface area contributed by atoms with Gasteiger partial charge in [0.25, 0.3) is 0 Å². The van der Waals surface area contributed by atoms with Gasteiger partial charge in [0.1, 0.15) is 5.75 Å². The number of ether oxygens (including phenoxy) is 1. The zero-order valence-electron chi connectivity index (χ0n) is 16.4. The van der Waals surface area contributed by atoms with E-state index in [4.69, 9.17) is 4.74 Å². The normalized spacial score (nSPS) is 18.8. The van der Waals surface area contributed by atoms with Crippen molar-refractivity contribution in [1.82, 2.24) is 19.0 Å². The van der Waals surface area contributed by atoms with Crippen LogP contribution >= 0.6 is 0 Å². The lowest BCUT2D eigenvalue weighted by Gasteiger charge is -2.33. The molecular weight excluding hydrogens is 364 g/mol. The Hall–Kier alpha value is -1.90. The van der Waals surface area contributed by atoms with Crippen molar-refractivity contribution in [2.45, 2.75) is 36.7 Å². The summed E-state index contributed by atoms with van der Waals surface area (Å²) in [6, 6.07) is 8.46. The molecule has 0 N–H and O–H groups in total. The van der Waals surface area contributed by atoms with Gasteiger partial charge in [-0.25, -0.2) is 8.42 Å². The van der Waals surface area contributed by atoms with Crippen molar-refractivity contribution in [3.05, 3.63) is 41.7 Å². The molecule has 0 spiro atoms. The summed E-state index contributed by atoms with van der Waals surface area (Å²) in [7, 11) is 3.83. The summed E-state index contributed by atoms with van der Waals surface area (Å²) in [6.07, 6.45) is 2.63. The fourth-order valence-electron chi connectivity index (χ4n) is 3.55. The van der Waals surface area contributed by atoms with E-state index in [2.05, 4.69) is 10.00 Å². The number of sulfonamides is 1. The third-order valence-electron chi connectivity index (χ3n) is 4.92. The highest BCUT2D eigenvalue weighted by molar-refractivity contribution is 7.89. The smallest absolute Gasteiger partial charge is 0.243 e. The maximum atomic E-state index is 13.3. The predicted octanol–water partition coefficient (Wildman–Crippen LogP) is 2.41. The first-order valence-corrected chi connectivity index (χ1v) is 10.6. The van der Waals surface area contributed by atoms with Crippen molar-refractivity contribution in [2.75, 3.05) is 27.7 Å². The molecule has 1 aliphatic heterocycles. The lowest BCUT2D eigenvalue weighted by atomic mass is 10.0. The summed E-state index contributed by atoms with van der Waals surface area (Å²) in [6.45, 7) is 1.27. The molecule has 1 atom stereocenters. The van der Waals surface area contributed by atoms with Gasteiger partial charge in [-0.2, -0.15) is 9.40 Å². The van der Waals surface area contributed by atoms with E-state index in [9.17, 15) is 8.42 Å². The summed E-state index contributed by atoms with van der Waals surface area (Å²) < 4.78 is 35.3. The summed E-state index contributed by atoms with van der Waals surface area (Å²) in [5, 5.41) is 4.64. The van der Waals surface area contributed by atoms with Gasteiger partial charge in [0.15, 0.2) is 0 Å². The molecule has 0 aliphatic carbocycles. The summed E-state index contributed by atoms with van der Waals surface area (Å²) >= 11 is 0. The number of rotatable bonds is 6. The fraction of sp³-hybridized carbons (Fsp3) is 0.526. The number of benzene rings is 1.